The number of hydrogen-bond acceptors (Lipinski definition) is 2. The summed E-state index contributed by atoms with van der Waals surface area (Å²) in [6.07, 6.45) is 3.86. The van der Waals surface area contributed by atoms with Gasteiger partial charge in [-0.15, -0.1) is 24.9 Å². The molecule has 0 aliphatic heterocycles. The quantitative estimate of drug-likeness (QED) is 0.545. The van der Waals surface area contributed by atoms with Crippen LogP contribution in [-0.4, -0.2) is 5.75 Å². The maximum Gasteiger partial charge on any atom is 0.0695 e. The number of anilines is 1. The van der Waals surface area contributed by atoms with E-state index in [1.807, 2.05) is 36.4 Å². The Morgan fingerprint density at radius 1 is 1.00 bits per heavy atom. The molecule has 2 aromatic carbocycles. The Labute approximate surface area is 125 Å². The highest BCUT2D eigenvalue weighted by Gasteiger charge is 2.09. The van der Waals surface area contributed by atoms with Gasteiger partial charge >= 0.3 is 0 Å². The van der Waals surface area contributed by atoms with Crippen molar-refractivity contribution in [2.75, 3.05) is 11.1 Å². The normalized spacial score (nSPS) is 11.6. The van der Waals surface area contributed by atoms with E-state index in [0.29, 0.717) is 0 Å². The van der Waals surface area contributed by atoms with Gasteiger partial charge in [0.1, 0.15) is 0 Å². The Kier molecular flexibility index (Phi) is 5.51. The lowest BCUT2D eigenvalue weighted by Gasteiger charge is -2.18. The number of hydrogen-bond donors (Lipinski definition) is 1. The largest absolute Gasteiger partial charge is 0.374 e. The molecule has 0 radical (unpaired) electrons. The summed E-state index contributed by atoms with van der Waals surface area (Å²) >= 11 is 1.78. The Morgan fingerprint density at radius 3 is 2.40 bits per heavy atom. The number of thioether (sulfide) groups is 1. The molecule has 0 unspecified atom stereocenters. The molecule has 0 saturated carbocycles. The van der Waals surface area contributed by atoms with Crippen LogP contribution in [0, 0.1) is 0 Å². The molecule has 1 nitrogen and oxygen atoms in total. The van der Waals surface area contributed by atoms with E-state index >= 15 is 0 Å². The van der Waals surface area contributed by atoms with Crippen LogP contribution in [0.2, 0.25) is 0 Å². The fourth-order valence-electron chi connectivity index (χ4n) is 1.97. The summed E-state index contributed by atoms with van der Waals surface area (Å²) in [5.41, 5.74) is 2.35. The zero-order valence-corrected chi connectivity index (χ0v) is 12.3. The second-order valence-electron chi connectivity index (χ2n) is 4.36. The lowest BCUT2D eigenvalue weighted by molar-refractivity contribution is 0.979. The van der Waals surface area contributed by atoms with Gasteiger partial charge in [0.25, 0.3) is 0 Å². The predicted molar refractivity (Wildman–Crippen MR) is 90.4 cm³/mol. The molecule has 0 aliphatic carbocycles. The summed E-state index contributed by atoms with van der Waals surface area (Å²) in [6.45, 7) is 7.71. The molecule has 2 heteroatoms. The average Bonchev–Trinajstić information content (AvgIpc) is 2.52. The van der Waals surface area contributed by atoms with E-state index < -0.39 is 0 Å². The van der Waals surface area contributed by atoms with E-state index in [1.165, 1.54) is 10.5 Å². The molecule has 0 aromatic heterocycles. The van der Waals surface area contributed by atoms with Crippen LogP contribution < -0.4 is 5.32 Å². The first-order chi connectivity index (χ1) is 9.85. The van der Waals surface area contributed by atoms with E-state index in [4.69, 9.17) is 0 Å². The first kappa shape index (κ1) is 14.5. The molecular weight excluding hydrogens is 262 g/mol. The average molecular weight is 281 g/mol. The maximum absolute atomic E-state index is 3.94. The topological polar surface area (TPSA) is 12.0 Å². The van der Waals surface area contributed by atoms with E-state index in [1.54, 1.807) is 11.8 Å². The number of para-hydroxylation sites is 1. The SMILES string of the molecule is C=CCSc1ccccc1N[C@@H](C=C)c1ccccc1. The van der Waals surface area contributed by atoms with Crippen molar-refractivity contribution in [1.29, 1.82) is 0 Å². The summed E-state index contributed by atoms with van der Waals surface area (Å²) in [7, 11) is 0. The molecule has 2 rings (SSSR count). The van der Waals surface area contributed by atoms with Crippen molar-refractivity contribution in [2.45, 2.75) is 10.9 Å². The molecule has 102 valence electrons. The van der Waals surface area contributed by atoms with Gasteiger partial charge in [-0.3, -0.25) is 0 Å². The Hall–Kier alpha value is -1.93. The molecule has 0 bridgehead atoms. The van der Waals surface area contributed by atoms with Crippen LogP contribution in [-0.2, 0) is 0 Å². The first-order valence-corrected chi connectivity index (χ1v) is 7.60. The van der Waals surface area contributed by atoms with Crippen LogP contribution in [0.25, 0.3) is 0 Å². The van der Waals surface area contributed by atoms with Crippen molar-refractivity contribution >= 4 is 17.4 Å². The molecule has 0 amide bonds. The third-order valence-electron chi connectivity index (χ3n) is 2.95. The number of benzene rings is 2. The van der Waals surface area contributed by atoms with Gasteiger partial charge in [0.05, 0.1) is 6.04 Å². The van der Waals surface area contributed by atoms with Crippen molar-refractivity contribution in [3.63, 3.8) is 0 Å². The smallest absolute Gasteiger partial charge is 0.0695 e. The fraction of sp³-hybridized carbons (Fsp3) is 0.111. The van der Waals surface area contributed by atoms with Crippen molar-refractivity contribution in [3.8, 4) is 0 Å². The van der Waals surface area contributed by atoms with Crippen LogP contribution in [0.3, 0.4) is 0 Å². The van der Waals surface area contributed by atoms with Gasteiger partial charge in [0.2, 0.25) is 0 Å². The molecule has 20 heavy (non-hydrogen) atoms. The first-order valence-electron chi connectivity index (χ1n) is 6.62. The summed E-state index contributed by atoms with van der Waals surface area (Å²) < 4.78 is 0. The van der Waals surface area contributed by atoms with Gasteiger partial charge in [0, 0.05) is 16.3 Å². The van der Waals surface area contributed by atoms with Gasteiger partial charge in [-0.05, 0) is 17.7 Å². The lowest BCUT2D eigenvalue weighted by Crippen LogP contribution is -2.08. The Morgan fingerprint density at radius 2 is 1.70 bits per heavy atom. The van der Waals surface area contributed by atoms with E-state index in [0.717, 1.165) is 11.4 Å². The van der Waals surface area contributed by atoms with Crippen LogP contribution >= 0.6 is 11.8 Å². The molecule has 0 heterocycles. The van der Waals surface area contributed by atoms with Crippen molar-refractivity contribution in [2.24, 2.45) is 0 Å². The Balaban J connectivity index is 2.19. The fourth-order valence-corrected chi connectivity index (χ4v) is 2.72. The molecule has 1 N–H and O–H groups in total. The van der Waals surface area contributed by atoms with Crippen molar-refractivity contribution < 1.29 is 0 Å². The Bertz CT molecular complexity index is 563. The van der Waals surface area contributed by atoms with Gasteiger partial charge in [-0.25, -0.2) is 0 Å². The second-order valence-corrected chi connectivity index (χ2v) is 5.43. The molecule has 0 saturated heterocycles. The summed E-state index contributed by atoms with van der Waals surface area (Å²) in [6, 6.07) is 18.8. The minimum absolute atomic E-state index is 0.113. The molecule has 0 spiro atoms. The highest BCUT2D eigenvalue weighted by molar-refractivity contribution is 7.99. The molecular formula is C18H19NS. The second kappa shape index (κ2) is 7.61. The molecule has 2 aromatic rings. The van der Waals surface area contributed by atoms with Gasteiger partial charge in [0.15, 0.2) is 0 Å². The number of nitrogens with one attached hydrogen (secondary N) is 1. The highest BCUT2D eigenvalue weighted by Crippen LogP contribution is 2.30. The van der Waals surface area contributed by atoms with Crippen LogP contribution in [0.4, 0.5) is 5.69 Å². The summed E-state index contributed by atoms with van der Waals surface area (Å²) in [5.74, 6) is 0.906. The summed E-state index contributed by atoms with van der Waals surface area (Å²) in [5, 5.41) is 3.55. The lowest BCUT2D eigenvalue weighted by atomic mass is 10.1. The van der Waals surface area contributed by atoms with E-state index in [2.05, 4.69) is 48.8 Å². The maximum atomic E-state index is 3.94. The standard InChI is InChI=1S/C18H19NS/c1-3-14-20-18-13-9-8-12-17(18)19-16(4-2)15-10-6-5-7-11-15/h3-13,16,19H,1-2,14H2/t16-/m0/s1. The van der Waals surface area contributed by atoms with Crippen LogP contribution in [0.1, 0.15) is 11.6 Å². The molecule has 0 aliphatic rings. The van der Waals surface area contributed by atoms with Gasteiger partial charge in [-0.2, -0.15) is 0 Å². The van der Waals surface area contributed by atoms with Crippen molar-refractivity contribution in [1.82, 2.24) is 0 Å². The zero-order chi connectivity index (χ0) is 14.2. The van der Waals surface area contributed by atoms with E-state index in [9.17, 15) is 0 Å². The third kappa shape index (κ3) is 3.78. The van der Waals surface area contributed by atoms with Crippen molar-refractivity contribution in [3.05, 3.63) is 85.5 Å². The van der Waals surface area contributed by atoms with Crippen LogP contribution in [0.5, 0.6) is 0 Å². The minimum Gasteiger partial charge on any atom is -0.374 e. The molecule has 1 atom stereocenters. The van der Waals surface area contributed by atoms with Gasteiger partial charge < -0.3 is 5.32 Å². The molecule has 0 fully saturated rings. The summed E-state index contributed by atoms with van der Waals surface area (Å²) in [4.78, 5) is 1.23. The van der Waals surface area contributed by atoms with Gasteiger partial charge in [-0.1, -0.05) is 54.6 Å². The third-order valence-corrected chi connectivity index (χ3v) is 4.02. The zero-order valence-electron chi connectivity index (χ0n) is 11.5. The highest BCUT2D eigenvalue weighted by atomic mass is 32.2. The van der Waals surface area contributed by atoms with Crippen LogP contribution in [0.15, 0.2) is 84.8 Å². The van der Waals surface area contributed by atoms with E-state index in [-0.39, 0.29) is 6.04 Å². The number of rotatable bonds is 7. The monoisotopic (exact) mass is 281 g/mol. The predicted octanol–water partition coefficient (Wildman–Crippen LogP) is 5.30. The minimum atomic E-state index is 0.113.